The van der Waals surface area contributed by atoms with E-state index in [0.717, 1.165) is 6.42 Å². The third-order valence-electron chi connectivity index (χ3n) is 3.38. The molecule has 1 heteroatoms. The van der Waals surface area contributed by atoms with Crippen molar-refractivity contribution >= 4 is 0 Å². The van der Waals surface area contributed by atoms with E-state index in [-0.39, 0.29) is 0 Å². The number of allylic oxidation sites excluding steroid dienone is 3. The van der Waals surface area contributed by atoms with Gasteiger partial charge in [0.25, 0.3) is 0 Å². The van der Waals surface area contributed by atoms with Crippen LogP contribution in [0.25, 0.3) is 0 Å². The molecule has 2 aliphatic rings. The molecule has 0 aromatic carbocycles. The highest BCUT2D eigenvalue weighted by Gasteiger charge is 2.33. The van der Waals surface area contributed by atoms with Crippen LogP contribution < -0.4 is 0 Å². The van der Waals surface area contributed by atoms with Crippen LogP contribution in [-0.2, 0) is 0 Å². The Hall–Kier alpha value is -0.720. The molecule has 0 saturated carbocycles. The molecule has 0 aromatic rings. The van der Waals surface area contributed by atoms with Gasteiger partial charge in [0.15, 0.2) is 0 Å². The maximum atomic E-state index is 9.73. The van der Waals surface area contributed by atoms with Gasteiger partial charge in [0, 0.05) is 0 Å². The van der Waals surface area contributed by atoms with E-state index in [0.29, 0.717) is 17.1 Å². The van der Waals surface area contributed by atoms with Crippen LogP contribution in [0, 0.1) is 11.3 Å². The topological polar surface area (TPSA) is 20.2 Å². The zero-order valence-corrected chi connectivity index (χ0v) is 8.72. The Labute approximate surface area is 80.2 Å². The minimum absolute atomic E-state index is 0.380. The molecular formula is C12H18O. The summed E-state index contributed by atoms with van der Waals surface area (Å²) in [7, 11) is 0. The molecule has 0 aromatic heterocycles. The van der Waals surface area contributed by atoms with Crippen LogP contribution in [0.15, 0.2) is 23.0 Å². The second-order valence-corrected chi connectivity index (χ2v) is 5.19. The summed E-state index contributed by atoms with van der Waals surface area (Å²) >= 11 is 0. The predicted molar refractivity (Wildman–Crippen MR) is 54.5 cm³/mol. The van der Waals surface area contributed by atoms with Gasteiger partial charge in [0.05, 0.1) is 0 Å². The van der Waals surface area contributed by atoms with Crippen molar-refractivity contribution in [3.63, 3.8) is 0 Å². The second kappa shape index (κ2) is 2.63. The van der Waals surface area contributed by atoms with Crippen LogP contribution in [0.3, 0.4) is 0 Å². The molecule has 0 amide bonds. The van der Waals surface area contributed by atoms with Gasteiger partial charge in [-0.2, -0.15) is 0 Å². The average molecular weight is 178 g/mol. The SMILES string of the molecule is C[C@H]1C=C(O)C2=C1CCC(C)(C)C2. The molecule has 72 valence electrons. The highest BCUT2D eigenvalue weighted by molar-refractivity contribution is 5.42. The lowest BCUT2D eigenvalue weighted by Gasteiger charge is -2.31. The second-order valence-electron chi connectivity index (χ2n) is 5.19. The summed E-state index contributed by atoms with van der Waals surface area (Å²) in [4.78, 5) is 0. The Morgan fingerprint density at radius 3 is 2.85 bits per heavy atom. The maximum Gasteiger partial charge on any atom is 0.115 e. The standard InChI is InChI=1S/C12H18O/c1-8-6-11(13)10-7-12(2,3)5-4-9(8)10/h6,8,13H,4-5,7H2,1-3H3/t8-/m0/s1. The van der Waals surface area contributed by atoms with E-state index >= 15 is 0 Å². The first-order chi connectivity index (χ1) is 5.99. The van der Waals surface area contributed by atoms with Gasteiger partial charge >= 0.3 is 0 Å². The Balaban J connectivity index is 2.32. The molecule has 0 spiro atoms. The van der Waals surface area contributed by atoms with Crippen molar-refractivity contribution in [3.8, 4) is 0 Å². The molecule has 2 rings (SSSR count). The molecule has 1 N–H and O–H groups in total. The van der Waals surface area contributed by atoms with E-state index in [1.807, 2.05) is 6.08 Å². The van der Waals surface area contributed by atoms with E-state index in [9.17, 15) is 5.11 Å². The Morgan fingerprint density at radius 2 is 2.15 bits per heavy atom. The smallest absolute Gasteiger partial charge is 0.115 e. The van der Waals surface area contributed by atoms with Crippen molar-refractivity contribution in [2.24, 2.45) is 11.3 Å². The van der Waals surface area contributed by atoms with Crippen LogP contribution in [0.1, 0.15) is 40.0 Å². The van der Waals surface area contributed by atoms with Crippen molar-refractivity contribution in [1.29, 1.82) is 0 Å². The largest absolute Gasteiger partial charge is 0.508 e. The van der Waals surface area contributed by atoms with Crippen molar-refractivity contribution < 1.29 is 5.11 Å². The van der Waals surface area contributed by atoms with Gasteiger partial charge in [-0.1, -0.05) is 26.3 Å². The van der Waals surface area contributed by atoms with Crippen LogP contribution >= 0.6 is 0 Å². The quantitative estimate of drug-likeness (QED) is 0.601. The minimum Gasteiger partial charge on any atom is -0.508 e. The fourth-order valence-electron chi connectivity index (χ4n) is 2.50. The van der Waals surface area contributed by atoms with E-state index in [4.69, 9.17) is 0 Å². The molecule has 0 radical (unpaired) electrons. The molecule has 13 heavy (non-hydrogen) atoms. The zero-order chi connectivity index (χ0) is 9.64. The van der Waals surface area contributed by atoms with Crippen molar-refractivity contribution in [3.05, 3.63) is 23.0 Å². The third kappa shape index (κ3) is 1.41. The molecule has 0 fully saturated rings. The third-order valence-corrected chi connectivity index (χ3v) is 3.38. The molecule has 0 unspecified atom stereocenters. The van der Waals surface area contributed by atoms with Crippen molar-refractivity contribution in [1.82, 2.24) is 0 Å². The van der Waals surface area contributed by atoms with Crippen LogP contribution in [0.4, 0.5) is 0 Å². The summed E-state index contributed by atoms with van der Waals surface area (Å²) in [6.45, 7) is 6.75. The lowest BCUT2D eigenvalue weighted by atomic mass is 9.74. The fourth-order valence-corrected chi connectivity index (χ4v) is 2.50. The summed E-state index contributed by atoms with van der Waals surface area (Å²) in [5.74, 6) is 1.03. The minimum atomic E-state index is 0.380. The predicted octanol–water partition coefficient (Wildman–Crippen LogP) is 3.58. The molecular weight excluding hydrogens is 160 g/mol. The van der Waals surface area contributed by atoms with Crippen LogP contribution in [0.2, 0.25) is 0 Å². The maximum absolute atomic E-state index is 9.73. The average Bonchev–Trinajstić information content (AvgIpc) is 2.26. The van der Waals surface area contributed by atoms with Gasteiger partial charge in [0.2, 0.25) is 0 Å². The van der Waals surface area contributed by atoms with Crippen molar-refractivity contribution in [2.75, 3.05) is 0 Å². The Kier molecular flexibility index (Phi) is 1.79. The first kappa shape index (κ1) is 8.86. The summed E-state index contributed by atoms with van der Waals surface area (Å²) < 4.78 is 0. The number of hydrogen-bond acceptors (Lipinski definition) is 1. The van der Waals surface area contributed by atoms with Gasteiger partial charge in [0.1, 0.15) is 5.76 Å². The van der Waals surface area contributed by atoms with Crippen molar-refractivity contribution in [2.45, 2.75) is 40.0 Å². The molecule has 0 bridgehead atoms. The Bertz CT molecular complexity index is 294. The summed E-state index contributed by atoms with van der Waals surface area (Å²) in [5, 5.41) is 9.73. The van der Waals surface area contributed by atoms with Crippen LogP contribution in [-0.4, -0.2) is 5.11 Å². The van der Waals surface area contributed by atoms with Gasteiger partial charge < -0.3 is 5.11 Å². The summed E-state index contributed by atoms with van der Waals surface area (Å²) in [5.41, 5.74) is 3.10. The first-order valence-corrected chi connectivity index (χ1v) is 5.13. The molecule has 0 aliphatic heterocycles. The van der Waals surface area contributed by atoms with E-state index < -0.39 is 0 Å². The number of aliphatic hydroxyl groups excluding tert-OH is 1. The van der Waals surface area contributed by atoms with E-state index in [2.05, 4.69) is 20.8 Å². The number of aliphatic hydroxyl groups is 1. The molecule has 1 nitrogen and oxygen atoms in total. The molecule has 0 heterocycles. The zero-order valence-electron chi connectivity index (χ0n) is 8.72. The molecule has 1 atom stereocenters. The van der Waals surface area contributed by atoms with Gasteiger partial charge in [-0.3, -0.25) is 0 Å². The Morgan fingerprint density at radius 1 is 1.46 bits per heavy atom. The van der Waals surface area contributed by atoms with Crippen LogP contribution in [0.5, 0.6) is 0 Å². The monoisotopic (exact) mass is 178 g/mol. The highest BCUT2D eigenvalue weighted by Crippen LogP contribution is 2.46. The van der Waals surface area contributed by atoms with E-state index in [1.54, 1.807) is 0 Å². The normalized spacial score (nSPS) is 31.6. The number of hydrogen-bond donors (Lipinski definition) is 1. The number of rotatable bonds is 0. The molecule has 2 aliphatic carbocycles. The first-order valence-electron chi connectivity index (χ1n) is 5.13. The summed E-state index contributed by atoms with van der Waals surface area (Å²) in [6, 6.07) is 0. The van der Waals surface area contributed by atoms with Gasteiger partial charge in [-0.15, -0.1) is 0 Å². The molecule has 0 saturated heterocycles. The lowest BCUT2D eigenvalue weighted by Crippen LogP contribution is -2.18. The lowest BCUT2D eigenvalue weighted by molar-refractivity contribution is 0.300. The summed E-state index contributed by atoms with van der Waals surface area (Å²) in [6.07, 6.45) is 5.47. The van der Waals surface area contributed by atoms with Gasteiger partial charge in [-0.05, 0) is 42.2 Å². The van der Waals surface area contributed by atoms with E-state index in [1.165, 1.54) is 24.0 Å². The highest BCUT2D eigenvalue weighted by atomic mass is 16.3. The fraction of sp³-hybridized carbons (Fsp3) is 0.667. The van der Waals surface area contributed by atoms with Gasteiger partial charge in [-0.25, -0.2) is 0 Å².